The average molecular weight is 248 g/mol. The molecule has 98 valence electrons. The first-order chi connectivity index (χ1) is 8.69. The number of aliphatic hydroxyl groups excluding tert-OH is 1. The molecule has 0 heterocycles. The lowest BCUT2D eigenvalue weighted by Crippen LogP contribution is -2.29. The fourth-order valence-corrected chi connectivity index (χ4v) is 1.90. The third kappa shape index (κ3) is 4.34. The molecule has 3 nitrogen and oxygen atoms in total. The first kappa shape index (κ1) is 14.5. The van der Waals surface area contributed by atoms with E-state index in [2.05, 4.69) is 6.58 Å². The highest BCUT2D eigenvalue weighted by Gasteiger charge is 2.26. The molecular weight excluding hydrogens is 228 g/mol. The summed E-state index contributed by atoms with van der Waals surface area (Å²) >= 11 is 0. The lowest BCUT2D eigenvalue weighted by atomic mass is 9.93. The largest absolute Gasteiger partial charge is 0.469 e. The van der Waals surface area contributed by atoms with Gasteiger partial charge in [-0.25, -0.2) is 0 Å². The number of rotatable bonds is 7. The molecule has 0 aromatic heterocycles. The van der Waals surface area contributed by atoms with Crippen molar-refractivity contribution < 1.29 is 14.6 Å². The molecule has 0 saturated heterocycles. The average Bonchev–Trinajstić information content (AvgIpc) is 2.42. The summed E-state index contributed by atoms with van der Waals surface area (Å²) in [6, 6.07) is 9.89. The Bertz CT molecular complexity index is 373. The van der Waals surface area contributed by atoms with Gasteiger partial charge in [-0.05, 0) is 24.8 Å². The maximum atomic E-state index is 11.5. The van der Waals surface area contributed by atoms with Crippen LogP contribution in [0.25, 0.3) is 0 Å². The van der Waals surface area contributed by atoms with Crippen molar-refractivity contribution in [3.8, 4) is 0 Å². The van der Waals surface area contributed by atoms with Gasteiger partial charge in [0.15, 0.2) is 0 Å². The molecule has 3 heteroatoms. The molecular formula is C15H20O3. The highest BCUT2D eigenvalue weighted by Crippen LogP contribution is 2.17. The fourth-order valence-electron chi connectivity index (χ4n) is 1.90. The Balaban J connectivity index is 2.53. The molecule has 18 heavy (non-hydrogen) atoms. The van der Waals surface area contributed by atoms with E-state index >= 15 is 0 Å². The predicted octanol–water partition coefficient (Wildman–Crippen LogP) is 2.35. The summed E-state index contributed by atoms with van der Waals surface area (Å²) in [6.07, 6.45) is 2.65. The van der Waals surface area contributed by atoms with Crippen molar-refractivity contribution in [1.29, 1.82) is 0 Å². The molecule has 1 aromatic carbocycles. The minimum absolute atomic E-state index is 0.379. The zero-order chi connectivity index (χ0) is 13.4. The summed E-state index contributed by atoms with van der Waals surface area (Å²) in [5.41, 5.74) is 1.15. The van der Waals surface area contributed by atoms with Gasteiger partial charge in [0, 0.05) is 0 Å². The molecule has 0 aliphatic carbocycles. The number of esters is 1. The lowest BCUT2D eigenvalue weighted by molar-refractivity contribution is -0.149. The minimum atomic E-state index is -0.698. The van der Waals surface area contributed by atoms with Crippen molar-refractivity contribution in [2.75, 3.05) is 7.11 Å². The summed E-state index contributed by atoms with van der Waals surface area (Å²) in [6.45, 7) is 3.60. The van der Waals surface area contributed by atoms with E-state index in [1.807, 2.05) is 30.3 Å². The van der Waals surface area contributed by atoms with Gasteiger partial charge in [0.05, 0.1) is 19.1 Å². The number of hydrogen-bond acceptors (Lipinski definition) is 3. The van der Waals surface area contributed by atoms with Gasteiger partial charge in [0.1, 0.15) is 0 Å². The van der Waals surface area contributed by atoms with Crippen LogP contribution in [0.2, 0.25) is 0 Å². The number of methoxy groups -OCH3 is 1. The lowest BCUT2D eigenvalue weighted by Gasteiger charge is -2.19. The van der Waals surface area contributed by atoms with Crippen molar-refractivity contribution in [3.63, 3.8) is 0 Å². The molecule has 0 aliphatic rings. The second kappa shape index (κ2) is 7.67. The van der Waals surface area contributed by atoms with Crippen molar-refractivity contribution >= 4 is 5.97 Å². The smallest absolute Gasteiger partial charge is 0.311 e. The number of aryl methyl sites for hydroxylation is 1. The van der Waals surface area contributed by atoms with Crippen LogP contribution in [0.15, 0.2) is 43.0 Å². The Morgan fingerprint density at radius 3 is 2.67 bits per heavy atom. The van der Waals surface area contributed by atoms with E-state index in [0.717, 1.165) is 12.0 Å². The van der Waals surface area contributed by atoms with Crippen LogP contribution in [0.5, 0.6) is 0 Å². The molecule has 0 bridgehead atoms. The number of hydrogen-bond donors (Lipinski definition) is 1. The van der Waals surface area contributed by atoms with Crippen LogP contribution < -0.4 is 0 Å². The Kier molecular flexibility index (Phi) is 6.15. The maximum Gasteiger partial charge on any atom is 0.311 e. The van der Waals surface area contributed by atoms with Crippen LogP contribution >= 0.6 is 0 Å². The molecule has 0 fully saturated rings. The van der Waals surface area contributed by atoms with Gasteiger partial charge in [-0.2, -0.15) is 0 Å². The summed E-state index contributed by atoms with van der Waals surface area (Å²) in [7, 11) is 1.34. The molecule has 1 aromatic rings. The fraction of sp³-hybridized carbons (Fsp3) is 0.400. The van der Waals surface area contributed by atoms with Gasteiger partial charge < -0.3 is 9.84 Å². The van der Waals surface area contributed by atoms with E-state index in [-0.39, 0.29) is 5.97 Å². The molecule has 0 saturated carbocycles. The van der Waals surface area contributed by atoms with E-state index in [4.69, 9.17) is 4.74 Å². The van der Waals surface area contributed by atoms with E-state index < -0.39 is 12.0 Å². The molecule has 2 atom stereocenters. The van der Waals surface area contributed by atoms with Crippen molar-refractivity contribution in [2.24, 2.45) is 5.92 Å². The van der Waals surface area contributed by atoms with Crippen LogP contribution in [0, 0.1) is 5.92 Å². The maximum absolute atomic E-state index is 11.5. The first-order valence-electron chi connectivity index (χ1n) is 6.09. The summed E-state index contributed by atoms with van der Waals surface area (Å²) in [4.78, 5) is 11.5. The van der Waals surface area contributed by atoms with E-state index in [1.54, 1.807) is 6.08 Å². The van der Waals surface area contributed by atoms with Gasteiger partial charge in [-0.3, -0.25) is 4.79 Å². The molecule has 0 amide bonds. The molecule has 0 spiro atoms. The topological polar surface area (TPSA) is 46.5 Å². The molecule has 0 aliphatic heterocycles. The number of ether oxygens (including phenoxy) is 1. The Morgan fingerprint density at radius 1 is 1.44 bits per heavy atom. The number of carbonyl (C=O) groups is 1. The molecule has 0 radical (unpaired) electrons. The third-order valence-corrected chi connectivity index (χ3v) is 2.96. The molecule has 1 N–H and O–H groups in total. The predicted molar refractivity (Wildman–Crippen MR) is 71.1 cm³/mol. The minimum Gasteiger partial charge on any atom is -0.469 e. The SMILES string of the molecule is C=CCC(C(=O)OC)C(O)CCc1ccccc1. The Morgan fingerprint density at radius 2 is 2.11 bits per heavy atom. The van der Waals surface area contributed by atoms with Crippen LogP contribution in [-0.4, -0.2) is 24.3 Å². The Hall–Kier alpha value is -1.61. The summed E-state index contributed by atoms with van der Waals surface area (Å²) in [5.74, 6) is -0.897. The number of benzene rings is 1. The number of aliphatic hydroxyl groups is 1. The van der Waals surface area contributed by atoms with Gasteiger partial charge >= 0.3 is 5.97 Å². The Labute approximate surface area is 108 Å². The number of carbonyl (C=O) groups excluding carboxylic acids is 1. The highest BCUT2D eigenvalue weighted by molar-refractivity contribution is 5.73. The van der Waals surface area contributed by atoms with Gasteiger partial charge in [-0.1, -0.05) is 36.4 Å². The highest BCUT2D eigenvalue weighted by atomic mass is 16.5. The molecule has 1 rings (SSSR count). The van der Waals surface area contributed by atoms with E-state index in [0.29, 0.717) is 12.8 Å². The van der Waals surface area contributed by atoms with Crippen molar-refractivity contribution in [1.82, 2.24) is 0 Å². The zero-order valence-corrected chi connectivity index (χ0v) is 10.7. The van der Waals surface area contributed by atoms with E-state index in [9.17, 15) is 9.90 Å². The standard InChI is InChI=1S/C15H20O3/c1-3-7-13(15(17)18-2)14(16)11-10-12-8-5-4-6-9-12/h3-6,8-9,13-14,16H,1,7,10-11H2,2H3. The first-order valence-corrected chi connectivity index (χ1v) is 6.09. The second-order valence-corrected chi connectivity index (χ2v) is 4.25. The second-order valence-electron chi connectivity index (χ2n) is 4.25. The van der Waals surface area contributed by atoms with E-state index in [1.165, 1.54) is 7.11 Å². The normalized spacial score (nSPS) is 13.7. The third-order valence-electron chi connectivity index (χ3n) is 2.96. The number of allylic oxidation sites excluding steroid dienone is 1. The van der Waals surface area contributed by atoms with Crippen molar-refractivity contribution in [2.45, 2.75) is 25.4 Å². The van der Waals surface area contributed by atoms with Crippen LogP contribution in [0.1, 0.15) is 18.4 Å². The van der Waals surface area contributed by atoms with Gasteiger partial charge in [-0.15, -0.1) is 6.58 Å². The van der Waals surface area contributed by atoms with Crippen molar-refractivity contribution in [3.05, 3.63) is 48.6 Å². The van der Waals surface area contributed by atoms with Crippen LogP contribution in [0.4, 0.5) is 0 Å². The quantitative estimate of drug-likeness (QED) is 0.595. The van der Waals surface area contributed by atoms with Crippen LogP contribution in [0.3, 0.4) is 0 Å². The van der Waals surface area contributed by atoms with Gasteiger partial charge in [0.2, 0.25) is 0 Å². The monoisotopic (exact) mass is 248 g/mol. The summed E-state index contributed by atoms with van der Waals surface area (Å²) in [5, 5.41) is 10.1. The van der Waals surface area contributed by atoms with Gasteiger partial charge in [0.25, 0.3) is 0 Å². The molecule has 2 unspecified atom stereocenters. The zero-order valence-electron chi connectivity index (χ0n) is 10.7. The van der Waals surface area contributed by atoms with Crippen LogP contribution in [-0.2, 0) is 16.0 Å². The summed E-state index contributed by atoms with van der Waals surface area (Å²) < 4.78 is 4.69.